The van der Waals surface area contributed by atoms with E-state index >= 15 is 0 Å². The van der Waals surface area contributed by atoms with Crippen molar-refractivity contribution in [3.8, 4) is 5.75 Å². The first kappa shape index (κ1) is 25.5. The summed E-state index contributed by atoms with van der Waals surface area (Å²) in [4.78, 5) is 42.3. The molecule has 0 radical (unpaired) electrons. The molecule has 7 heteroatoms. The number of anilines is 1. The van der Waals surface area contributed by atoms with Crippen molar-refractivity contribution in [2.75, 3.05) is 12.0 Å². The second-order valence-electron chi connectivity index (χ2n) is 8.87. The minimum atomic E-state index is -1.09. The first-order chi connectivity index (χ1) is 17.5. The standard InChI is InChI=1S/C29H29ClN2O4/c1-36-25-14-8-11-21(19-25)26(28(34)31-23-12-6-3-7-13-23)32(24-17-15-22(30)16-18-24)29(35)27(33)20-9-4-2-5-10-20/h2,4-5,8-11,14-19,23,26H,3,6-7,12-13H2,1H3,(H,31,34). The fourth-order valence-electron chi connectivity index (χ4n) is 4.56. The number of carbonyl (C=O) groups excluding carboxylic acids is 3. The summed E-state index contributed by atoms with van der Waals surface area (Å²) in [5.74, 6) is -1.32. The van der Waals surface area contributed by atoms with Crippen LogP contribution in [0.1, 0.15) is 54.1 Å². The van der Waals surface area contributed by atoms with Gasteiger partial charge < -0.3 is 10.1 Å². The van der Waals surface area contributed by atoms with Crippen LogP contribution in [0.3, 0.4) is 0 Å². The van der Waals surface area contributed by atoms with E-state index < -0.39 is 17.7 Å². The van der Waals surface area contributed by atoms with Crippen LogP contribution in [0.15, 0.2) is 78.9 Å². The van der Waals surface area contributed by atoms with Crippen molar-refractivity contribution in [3.63, 3.8) is 0 Å². The number of rotatable bonds is 8. The van der Waals surface area contributed by atoms with Crippen molar-refractivity contribution in [2.45, 2.75) is 44.2 Å². The lowest BCUT2D eigenvalue weighted by molar-refractivity contribution is -0.126. The number of Topliss-reactive ketones (excluding diaryl/α,β-unsaturated/α-hetero) is 1. The zero-order valence-corrected chi connectivity index (χ0v) is 20.9. The fraction of sp³-hybridized carbons (Fsp3) is 0.276. The second-order valence-corrected chi connectivity index (χ2v) is 9.31. The maximum absolute atomic E-state index is 13.9. The van der Waals surface area contributed by atoms with E-state index in [1.165, 1.54) is 12.0 Å². The molecule has 1 aliphatic carbocycles. The van der Waals surface area contributed by atoms with Gasteiger partial charge in [-0.3, -0.25) is 19.3 Å². The number of halogens is 1. The third-order valence-corrected chi connectivity index (χ3v) is 6.67. The lowest BCUT2D eigenvalue weighted by Gasteiger charge is -2.33. The Hall–Kier alpha value is -3.64. The normalized spacial score (nSPS) is 14.5. The Morgan fingerprint density at radius 1 is 0.917 bits per heavy atom. The molecular formula is C29H29ClN2O4. The Kier molecular flexibility index (Phi) is 8.39. The van der Waals surface area contributed by atoms with Crippen LogP contribution in [0.25, 0.3) is 0 Å². The number of carbonyl (C=O) groups is 3. The van der Waals surface area contributed by atoms with E-state index in [0.29, 0.717) is 22.0 Å². The fourth-order valence-corrected chi connectivity index (χ4v) is 4.69. The van der Waals surface area contributed by atoms with Crippen molar-refractivity contribution in [1.29, 1.82) is 0 Å². The molecule has 1 fully saturated rings. The molecule has 1 unspecified atom stereocenters. The number of amides is 2. The molecule has 36 heavy (non-hydrogen) atoms. The summed E-state index contributed by atoms with van der Waals surface area (Å²) in [6.07, 6.45) is 5.00. The molecule has 1 N–H and O–H groups in total. The number of hydrogen-bond acceptors (Lipinski definition) is 4. The third kappa shape index (κ3) is 5.94. The predicted octanol–water partition coefficient (Wildman–Crippen LogP) is 5.75. The summed E-state index contributed by atoms with van der Waals surface area (Å²) in [6.45, 7) is 0. The molecule has 3 aromatic rings. The monoisotopic (exact) mass is 504 g/mol. The van der Waals surface area contributed by atoms with E-state index in [1.807, 2.05) is 0 Å². The van der Waals surface area contributed by atoms with Gasteiger partial charge in [-0.1, -0.05) is 73.3 Å². The van der Waals surface area contributed by atoms with E-state index in [2.05, 4.69) is 5.32 Å². The maximum atomic E-state index is 13.9. The maximum Gasteiger partial charge on any atom is 0.300 e. The number of nitrogens with zero attached hydrogens (tertiary/aromatic N) is 1. The zero-order chi connectivity index (χ0) is 25.5. The number of hydrogen-bond donors (Lipinski definition) is 1. The topological polar surface area (TPSA) is 75.7 Å². The number of methoxy groups -OCH3 is 1. The van der Waals surface area contributed by atoms with Crippen molar-refractivity contribution in [3.05, 3.63) is 95.0 Å². The molecule has 0 aromatic heterocycles. The molecule has 1 saturated carbocycles. The average Bonchev–Trinajstić information content (AvgIpc) is 2.92. The molecule has 2 amide bonds. The lowest BCUT2D eigenvalue weighted by atomic mass is 9.94. The van der Waals surface area contributed by atoms with Gasteiger partial charge in [0.2, 0.25) is 5.91 Å². The van der Waals surface area contributed by atoms with Crippen molar-refractivity contribution >= 4 is 34.9 Å². The highest BCUT2D eigenvalue weighted by Crippen LogP contribution is 2.32. The van der Waals surface area contributed by atoms with Gasteiger partial charge >= 0.3 is 0 Å². The van der Waals surface area contributed by atoms with Crippen LogP contribution in [0.2, 0.25) is 5.02 Å². The van der Waals surface area contributed by atoms with E-state index in [9.17, 15) is 14.4 Å². The summed E-state index contributed by atoms with van der Waals surface area (Å²) < 4.78 is 5.39. The van der Waals surface area contributed by atoms with E-state index in [4.69, 9.17) is 16.3 Å². The highest BCUT2D eigenvalue weighted by Gasteiger charge is 2.37. The van der Waals surface area contributed by atoms with Crippen LogP contribution in [0, 0.1) is 0 Å². The van der Waals surface area contributed by atoms with E-state index in [0.717, 1.165) is 32.1 Å². The first-order valence-electron chi connectivity index (χ1n) is 12.1. The van der Waals surface area contributed by atoms with Crippen LogP contribution in [-0.4, -0.2) is 30.7 Å². The van der Waals surface area contributed by atoms with Gasteiger partial charge in [0.1, 0.15) is 11.8 Å². The van der Waals surface area contributed by atoms with Crippen LogP contribution in [0.4, 0.5) is 5.69 Å². The largest absolute Gasteiger partial charge is 0.497 e. The molecule has 0 heterocycles. The number of nitrogens with one attached hydrogen (secondary N) is 1. The Morgan fingerprint density at radius 2 is 1.61 bits per heavy atom. The van der Waals surface area contributed by atoms with Gasteiger partial charge in [-0.2, -0.15) is 0 Å². The van der Waals surface area contributed by atoms with Crippen molar-refractivity contribution in [1.82, 2.24) is 5.32 Å². The Balaban J connectivity index is 1.81. The van der Waals surface area contributed by atoms with Crippen LogP contribution >= 0.6 is 11.6 Å². The van der Waals surface area contributed by atoms with Gasteiger partial charge in [-0.15, -0.1) is 0 Å². The quantitative estimate of drug-likeness (QED) is 0.313. The minimum Gasteiger partial charge on any atom is -0.497 e. The highest BCUT2D eigenvalue weighted by molar-refractivity contribution is 6.47. The zero-order valence-electron chi connectivity index (χ0n) is 20.2. The van der Waals surface area contributed by atoms with Gasteiger partial charge in [-0.05, 0) is 54.8 Å². The Labute approximate surface area is 216 Å². The molecule has 186 valence electrons. The van der Waals surface area contributed by atoms with Gasteiger partial charge in [0.05, 0.1) is 7.11 Å². The van der Waals surface area contributed by atoms with E-state index in [-0.39, 0.29) is 17.5 Å². The molecule has 6 nitrogen and oxygen atoms in total. The van der Waals surface area contributed by atoms with Gasteiger partial charge in [0.25, 0.3) is 11.7 Å². The summed E-state index contributed by atoms with van der Waals surface area (Å²) in [5.41, 5.74) is 1.17. The molecule has 0 saturated heterocycles. The summed E-state index contributed by atoms with van der Waals surface area (Å²) >= 11 is 6.12. The minimum absolute atomic E-state index is 0.0198. The molecule has 1 atom stereocenters. The molecule has 0 aliphatic heterocycles. The summed E-state index contributed by atoms with van der Waals surface area (Å²) in [7, 11) is 1.54. The molecule has 0 bridgehead atoms. The highest BCUT2D eigenvalue weighted by atomic mass is 35.5. The van der Waals surface area contributed by atoms with Gasteiger partial charge in [0, 0.05) is 22.3 Å². The molecular weight excluding hydrogens is 476 g/mol. The molecule has 0 spiro atoms. The average molecular weight is 505 g/mol. The summed E-state index contributed by atoms with van der Waals surface area (Å²) in [5, 5.41) is 3.62. The first-order valence-corrected chi connectivity index (χ1v) is 12.5. The third-order valence-electron chi connectivity index (χ3n) is 6.42. The van der Waals surface area contributed by atoms with Gasteiger partial charge in [-0.25, -0.2) is 0 Å². The Bertz CT molecular complexity index is 1210. The Morgan fingerprint density at radius 3 is 2.28 bits per heavy atom. The van der Waals surface area contributed by atoms with E-state index in [1.54, 1.807) is 78.9 Å². The molecule has 1 aliphatic rings. The van der Waals surface area contributed by atoms with Crippen LogP contribution < -0.4 is 15.0 Å². The smallest absolute Gasteiger partial charge is 0.300 e. The van der Waals surface area contributed by atoms with Gasteiger partial charge in [0.15, 0.2) is 0 Å². The van der Waals surface area contributed by atoms with Crippen molar-refractivity contribution < 1.29 is 19.1 Å². The number of ketones is 1. The second kappa shape index (κ2) is 11.9. The molecule has 3 aromatic carbocycles. The lowest BCUT2D eigenvalue weighted by Crippen LogP contribution is -2.49. The van der Waals surface area contributed by atoms with Crippen molar-refractivity contribution in [2.24, 2.45) is 0 Å². The number of benzene rings is 3. The SMILES string of the molecule is COc1cccc(C(C(=O)NC2CCCCC2)N(C(=O)C(=O)c2ccccc2)c2ccc(Cl)cc2)c1. The molecule has 4 rings (SSSR count). The van der Waals surface area contributed by atoms with Crippen LogP contribution in [0.5, 0.6) is 5.75 Å². The summed E-state index contributed by atoms with van der Waals surface area (Å²) in [6, 6.07) is 20.8. The predicted molar refractivity (Wildman–Crippen MR) is 140 cm³/mol. The van der Waals surface area contributed by atoms with Crippen LogP contribution in [-0.2, 0) is 9.59 Å². The number of ether oxygens (including phenoxy) is 1.